The van der Waals surface area contributed by atoms with Gasteiger partial charge in [0, 0.05) is 12.7 Å². The van der Waals surface area contributed by atoms with E-state index in [9.17, 15) is 13.2 Å². The normalized spacial score (nSPS) is 11.4. The van der Waals surface area contributed by atoms with Crippen LogP contribution in [0.5, 0.6) is 0 Å². The van der Waals surface area contributed by atoms with Crippen molar-refractivity contribution in [3.8, 4) is 0 Å². The van der Waals surface area contributed by atoms with Gasteiger partial charge < -0.3 is 10.6 Å². The van der Waals surface area contributed by atoms with Crippen LogP contribution >= 0.6 is 11.6 Å². The average Bonchev–Trinajstić information content (AvgIpc) is 2.53. The molecule has 2 rings (SSSR count). The van der Waals surface area contributed by atoms with Crippen molar-refractivity contribution in [3.63, 3.8) is 0 Å². The summed E-state index contributed by atoms with van der Waals surface area (Å²) in [6, 6.07) is 4.76. The summed E-state index contributed by atoms with van der Waals surface area (Å²) in [4.78, 5) is 8.24. The lowest BCUT2D eigenvalue weighted by atomic mass is 10.2. The molecule has 0 atom stereocenters. The Balaban J connectivity index is 2.11. The van der Waals surface area contributed by atoms with E-state index in [-0.39, 0.29) is 16.7 Å². The molecule has 0 unspecified atom stereocenters. The molecular weight excluding hydrogens is 341 g/mol. The van der Waals surface area contributed by atoms with Crippen LogP contribution in [0.25, 0.3) is 0 Å². The molecule has 2 N–H and O–H groups in total. The predicted octanol–water partition coefficient (Wildman–Crippen LogP) is 5.49. The minimum absolute atomic E-state index is 0.106. The molecule has 0 saturated carbocycles. The van der Waals surface area contributed by atoms with Gasteiger partial charge in [0.2, 0.25) is 5.95 Å². The van der Waals surface area contributed by atoms with E-state index in [1.807, 2.05) is 0 Å². The van der Waals surface area contributed by atoms with E-state index in [0.29, 0.717) is 5.82 Å². The second kappa shape index (κ2) is 8.19. The van der Waals surface area contributed by atoms with Gasteiger partial charge >= 0.3 is 6.18 Å². The molecular formula is C16H18ClF3N4. The first-order valence-electron chi connectivity index (χ1n) is 7.61. The van der Waals surface area contributed by atoms with Crippen LogP contribution in [0.15, 0.2) is 30.5 Å². The summed E-state index contributed by atoms with van der Waals surface area (Å²) >= 11 is 5.95. The molecule has 8 heteroatoms. The van der Waals surface area contributed by atoms with Crippen molar-refractivity contribution < 1.29 is 13.2 Å². The van der Waals surface area contributed by atoms with Crippen molar-refractivity contribution in [1.29, 1.82) is 0 Å². The molecule has 1 aromatic carbocycles. The number of unbranched alkanes of at least 4 members (excludes halogenated alkanes) is 2. The first-order valence-corrected chi connectivity index (χ1v) is 7.98. The molecule has 130 valence electrons. The zero-order chi connectivity index (χ0) is 17.6. The molecule has 0 fully saturated rings. The number of alkyl halides is 3. The summed E-state index contributed by atoms with van der Waals surface area (Å²) in [6.07, 6.45) is 0.335. The number of nitrogens with zero attached hydrogens (tertiary/aromatic N) is 2. The maximum atomic E-state index is 12.8. The fourth-order valence-electron chi connectivity index (χ4n) is 2.03. The first kappa shape index (κ1) is 18.3. The molecule has 0 spiro atoms. The van der Waals surface area contributed by atoms with Gasteiger partial charge in [-0.2, -0.15) is 18.2 Å². The molecule has 0 aliphatic rings. The Morgan fingerprint density at radius 1 is 1.17 bits per heavy atom. The van der Waals surface area contributed by atoms with Crippen molar-refractivity contribution in [3.05, 3.63) is 41.0 Å². The van der Waals surface area contributed by atoms with Gasteiger partial charge in [-0.05, 0) is 30.7 Å². The van der Waals surface area contributed by atoms with Crippen molar-refractivity contribution in [2.45, 2.75) is 32.4 Å². The predicted molar refractivity (Wildman–Crippen MR) is 89.8 cm³/mol. The highest BCUT2D eigenvalue weighted by Gasteiger charge is 2.31. The highest BCUT2D eigenvalue weighted by Crippen LogP contribution is 2.34. The Kier molecular flexibility index (Phi) is 6.25. The number of rotatable bonds is 7. The third-order valence-corrected chi connectivity index (χ3v) is 3.61. The summed E-state index contributed by atoms with van der Waals surface area (Å²) < 4.78 is 38.4. The maximum Gasteiger partial charge on any atom is 0.416 e. The second-order valence-electron chi connectivity index (χ2n) is 5.22. The van der Waals surface area contributed by atoms with Gasteiger partial charge in [-0.1, -0.05) is 31.4 Å². The quantitative estimate of drug-likeness (QED) is 0.642. The fourth-order valence-corrected chi connectivity index (χ4v) is 2.19. The molecule has 0 radical (unpaired) electrons. The van der Waals surface area contributed by atoms with Gasteiger partial charge in [0.15, 0.2) is 0 Å². The largest absolute Gasteiger partial charge is 0.416 e. The van der Waals surface area contributed by atoms with Crippen LogP contribution in [-0.4, -0.2) is 16.5 Å². The monoisotopic (exact) mass is 358 g/mol. The van der Waals surface area contributed by atoms with Gasteiger partial charge in [0.25, 0.3) is 0 Å². The summed E-state index contributed by atoms with van der Waals surface area (Å²) in [7, 11) is 0. The smallest absolute Gasteiger partial charge is 0.370 e. The molecule has 0 bridgehead atoms. The maximum absolute atomic E-state index is 12.8. The molecule has 24 heavy (non-hydrogen) atoms. The van der Waals surface area contributed by atoms with Crippen LogP contribution in [0.4, 0.5) is 30.6 Å². The SMILES string of the molecule is CCCCCNc1ccnc(Nc2cc(C(F)(F)F)ccc2Cl)n1. The number of halogens is 4. The van der Waals surface area contributed by atoms with E-state index in [2.05, 4.69) is 27.5 Å². The lowest BCUT2D eigenvalue weighted by molar-refractivity contribution is -0.137. The Hall–Kier alpha value is -2.02. The summed E-state index contributed by atoms with van der Waals surface area (Å²) in [5.41, 5.74) is -0.683. The summed E-state index contributed by atoms with van der Waals surface area (Å²) in [5, 5.41) is 6.04. The number of benzene rings is 1. The fraction of sp³-hybridized carbons (Fsp3) is 0.375. The standard InChI is InChI=1S/C16H18ClF3N4/c1-2-3-4-8-21-14-7-9-22-15(24-14)23-13-10-11(16(18,19)20)5-6-12(13)17/h5-7,9-10H,2-4,8H2,1H3,(H2,21,22,23,24). The second-order valence-corrected chi connectivity index (χ2v) is 5.62. The summed E-state index contributed by atoms with van der Waals surface area (Å²) in [5.74, 6) is 0.781. The van der Waals surface area contributed by atoms with Crippen LogP contribution in [0, 0.1) is 0 Å². The van der Waals surface area contributed by atoms with Crippen molar-refractivity contribution in [2.75, 3.05) is 17.2 Å². The molecule has 0 aliphatic heterocycles. The zero-order valence-electron chi connectivity index (χ0n) is 13.1. The van der Waals surface area contributed by atoms with Gasteiger partial charge in [0.1, 0.15) is 5.82 Å². The van der Waals surface area contributed by atoms with Gasteiger partial charge in [-0.15, -0.1) is 0 Å². The molecule has 1 heterocycles. The topological polar surface area (TPSA) is 49.8 Å². The third-order valence-electron chi connectivity index (χ3n) is 3.28. The molecule has 4 nitrogen and oxygen atoms in total. The molecule has 0 saturated heterocycles. The lowest BCUT2D eigenvalue weighted by Crippen LogP contribution is -2.07. The van der Waals surface area contributed by atoms with E-state index < -0.39 is 11.7 Å². The molecule has 1 aromatic heterocycles. The molecule has 0 amide bonds. The molecule has 2 aromatic rings. The molecule has 0 aliphatic carbocycles. The van der Waals surface area contributed by atoms with E-state index in [1.54, 1.807) is 6.07 Å². The zero-order valence-corrected chi connectivity index (χ0v) is 13.9. The Morgan fingerprint density at radius 2 is 1.96 bits per heavy atom. The van der Waals surface area contributed by atoms with Crippen LogP contribution in [0.1, 0.15) is 31.7 Å². The Bertz CT molecular complexity index is 677. The Morgan fingerprint density at radius 3 is 2.67 bits per heavy atom. The average molecular weight is 359 g/mol. The highest BCUT2D eigenvalue weighted by molar-refractivity contribution is 6.33. The van der Waals surface area contributed by atoms with E-state index >= 15 is 0 Å². The minimum Gasteiger partial charge on any atom is -0.370 e. The number of nitrogens with one attached hydrogen (secondary N) is 2. The van der Waals surface area contributed by atoms with Crippen LogP contribution < -0.4 is 10.6 Å². The number of anilines is 3. The lowest BCUT2D eigenvalue weighted by Gasteiger charge is -2.12. The van der Waals surface area contributed by atoms with Crippen LogP contribution in [-0.2, 0) is 6.18 Å². The third kappa shape index (κ3) is 5.26. The van der Waals surface area contributed by atoms with Crippen molar-refractivity contribution >= 4 is 29.1 Å². The number of hydrogen-bond acceptors (Lipinski definition) is 4. The van der Waals surface area contributed by atoms with Gasteiger partial charge in [-0.3, -0.25) is 0 Å². The number of hydrogen-bond donors (Lipinski definition) is 2. The first-order chi connectivity index (χ1) is 11.4. The van der Waals surface area contributed by atoms with Gasteiger partial charge in [0.05, 0.1) is 16.3 Å². The van der Waals surface area contributed by atoms with E-state index in [1.165, 1.54) is 12.3 Å². The van der Waals surface area contributed by atoms with Crippen LogP contribution in [0.3, 0.4) is 0 Å². The van der Waals surface area contributed by atoms with Crippen molar-refractivity contribution in [1.82, 2.24) is 9.97 Å². The number of aromatic nitrogens is 2. The van der Waals surface area contributed by atoms with Crippen molar-refractivity contribution in [2.24, 2.45) is 0 Å². The summed E-state index contributed by atoms with van der Waals surface area (Å²) in [6.45, 7) is 2.89. The van der Waals surface area contributed by atoms with E-state index in [4.69, 9.17) is 11.6 Å². The van der Waals surface area contributed by atoms with Crippen LogP contribution in [0.2, 0.25) is 5.02 Å². The Labute approximate surface area is 143 Å². The minimum atomic E-state index is -4.44. The highest BCUT2D eigenvalue weighted by atomic mass is 35.5. The van der Waals surface area contributed by atoms with E-state index in [0.717, 1.165) is 37.9 Å². The van der Waals surface area contributed by atoms with Gasteiger partial charge in [-0.25, -0.2) is 4.98 Å².